The molecular weight excluding hydrogens is 250 g/mol. The van der Waals surface area contributed by atoms with Gasteiger partial charge in [-0.15, -0.1) is 0 Å². The van der Waals surface area contributed by atoms with E-state index in [1.165, 1.54) is 0 Å². The van der Waals surface area contributed by atoms with Crippen LogP contribution in [-0.2, 0) is 0 Å². The molecular formula is C16H19N3O. The molecule has 4 heteroatoms. The smallest absolute Gasteiger partial charge is 0.255 e. The molecule has 0 unspecified atom stereocenters. The third-order valence-corrected chi connectivity index (χ3v) is 3.08. The second-order valence-corrected chi connectivity index (χ2v) is 4.72. The van der Waals surface area contributed by atoms with Crippen molar-refractivity contribution in [3.05, 3.63) is 54.1 Å². The Morgan fingerprint density at radius 2 is 1.45 bits per heavy atom. The first-order valence-corrected chi connectivity index (χ1v) is 6.46. The van der Waals surface area contributed by atoms with Crippen LogP contribution in [0.4, 0.5) is 17.1 Å². The molecule has 4 nitrogen and oxygen atoms in total. The molecule has 0 radical (unpaired) electrons. The molecule has 104 valence electrons. The van der Waals surface area contributed by atoms with Crippen LogP contribution in [0.25, 0.3) is 0 Å². The molecule has 2 rings (SSSR count). The number of nitrogens with one attached hydrogen (secondary N) is 2. The minimum atomic E-state index is -0.106. The lowest BCUT2D eigenvalue weighted by Crippen LogP contribution is -2.12. The molecule has 1 amide bonds. The Balaban J connectivity index is 2.06. The Morgan fingerprint density at radius 3 is 1.95 bits per heavy atom. The van der Waals surface area contributed by atoms with E-state index in [1.807, 2.05) is 62.4 Å². The molecule has 0 atom stereocenters. The van der Waals surface area contributed by atoms with Crippen LogP contribution in [0.2, 0.25) is 0 Å². The minimum Gasteiger partial charge on any atom is -0.388 e. The van der Waals surface area contributed by atoms with E-state index in [4.69, 9.17) is 0 Å². The highest BCUT2D eigenvalue weighted by Gasteiger charge is 2.06. The monoisotopic (exact) mass is 269 g/mol. The van der Waals surface area contributed by atoms with Crippen molar-refractivity contribution in [1.82, 2.24) is 0 Å². The Morgan fingerprint density at radius 1 is 0.900 bits per heavy atom. The molecule has 0 fully saturated rings. The number of benzene rings is 2. The lowest BCUT2D eigenvalue weighted by atomic mass is 10.2. The van der Waals surface area contributed by atoms with Crippen molar-refractivity contribution in [3.63, 3.8) is 0 Å². The van der Waals surface area contributed by atoms with Crippen LogP contribution >= 0.6 is 0 Å². The average Bonchev–Trinajstić information content (AvgIpc) is 2.48. The van der Waals surface area contributed by atoms with Crippen LogP contribution in [0.1, 0.15) is 10.4 Å². The summed E-state index contributed by atoms with van der Waals surface area (Å²) >= 11 is 0. The van der Waals surface area contributed by atoms with Gasteiger partial charge in [0.2, 0.25) is 0 Å². The summed E-state index contributed by atoms with van der Waals surface area (Å²) in [5, 5.41) is 5.91. The number of anilines is 3. The first-order valence-electron chi connectivity index (χ1n) is 6.46. The molecule has 0 bridgehead atoms. The molecule has 2 N–H and O–H groups in total. The zero-order valence-corrected chi connectivity index (χ0v) is 12.0. The summed E-state index contributed by atoms with van der Waals surface area (Å²) in [5.74, 6) is -0.106. The second-order valence-electron chi connectivity index (χ2n) is 4.72. The van der Waals surface area contributed by atoms with Gasteiger partial charge in [0.1, 0.15) is 0 Å². The van der Waals surface area contributed by atoms with Gasteiger partial charge in [0.25, 0.3) is 5.91 Å². The lowest BCUT2D eigenvalue weighted by Gasteiger charge is -2.13. The predicted molar refractivity (Wildman–Crippen MR) is 84.7 cm³/mol. The summed E-state index contributed by atoms with van der Waals surface area (Å²) in [5.41, 5.74) is 3.51. The topological polar surface area (TPSA) is 44.4 Å². The van der Waals surface area contributed by atoms with E-state index in [9.17, 15) is 4.79 Å². The minimum absolute atomic E-state index is 0.106. The number of nitrogens with zero attached hydrogens (tertiary/aromatic N) is 1. The summed E-state index contributed by atoms with van der Waals surface area (Å²) in [6.07, 6.45) is 0. The van der Waals surface area contributed by atoms with Gasteiger partial charge >= 0.3 is 0 Å². The Kier molecular flexibility index (Phi) is 4.25. The molecule has 0 aliphatic carbocycles. The summed E-state index contributed by atoms with van der Waals surface area (Å²) in [7, 11) is 5.81. The fourth-order valence-electron chi connectivity index (χ4n) is 1.83. The van der Waals surface area contributed by atoms with Crippen LogP contribution < -0.4 is 15.5 Å². The maximum Gasteiger partial charge on any atom is 0.255 e. The normalized spacial score (nSPS) is 9.95. The second kappa shape index (κ2) is 6.10. The fourth-order valence-corrected chi connectivity index (χ4v) is 1.83. The molecule has 0 aliphatic rings. The lowest BCUT2D eigenvalue weighted by molar-refractivity contribution is 0.102. The molecule has 0 spiro atoms. The van der Waals surface area contributed by atoms with Gasteiger partial charge in [-0.25, -0.2) is 0 Å². The number of hydrogen-bond donors (Lipinski definition) is 2. The zero-order valence-electron chi connectivity index (χ0n) is 12.0. The van der Waals surface area contributed by atoms with Crippen molar-refractivity contribution < 1.29 is 4.79 Å². The van der Waals surface area contributed by atoms with Crippen molar-refractivity contribution in [1.29, 1.82) is 0 Å². The quantitative estimate of drug-likeness (QED) is 0.896. The number of rotatable bonds is 4. The number of amides is 1. The van der Waals surface area contributed by atoms with E-state index in [-0.39, 0.29) is 5.91 Å². The molecule has 2 aromatic rings. The highest BCUT2D eigenvalue weighted by molar-refractivity contribution is 6.04. The molecule has 0 aromatic heterocycles. The van der Waals surface area contributed by atoms with Gasteiger partial charge in [0.15, 0.2) is 0 Å². The van der Waals surface area contributed by atoms with Gasteiger partial charge in [-0.3, -0.25) is 4.79 Å². The molecule has 0 heterocycles. The maximum atomic E-state index is 12.1. The van der Waals surface area contributed by atoms with Crippen LogP contribution in [0.3, 0.4) is 0 Å². The summed E-state index contributed by atoms with van der Waals surface area (Å²) in [4.78, 5) is 14.1. The zero-order chi connectivity index (χ0) is 14.5. The molecule has 0 saturated heterocycles. The molecule has 0 aliphatic heterocycles. The van der Waals surface area contributed by atoms with Crippen molar-refractivity contribution in [2.45, 2.75) is 0 Å². The first kappa shape index (κ1) is 13.9. The van der Waals surface area contributed by atoms with Gasteiger partial charge in [0.05, 0.1) is 0 Å². The van der Waals surface area contributed by atoms with E-state index in [2.05, 4.69) is 10.6 Å². The Hall–Kier alpha value is -2.49. The number of carbonyl (C=O) groups is 1. The van der Waals surface area contributed by atoms with Crippen LogP contribution in [0.15, 0.2) is 48.5 Å². The van der Waals surface area contributed by atoms with Gasteiger partial charge in [0, 0.05) is 43.8 Å². The Bertz CT molecular complexity index is 574. The van der Waals surface area contributed by atoms with Crippen molar-refractivity contribution in [2.75, 3.05) is 36.7 Å². The maximum absolute atomic E-state index is 12.1. The fraction of sp³-hybridized carbons (Fsp3) is 0.188. The Labute approximate surface area is 119 Å². The predicted octanol–water partition coefficient (Wildman–Crippen LogP) is 3.05. The van der Waals surface area contributed by atoms with E-state index in [0.29, 0.717) is 5.56 Å². The molecule has 2 aromatic carbocycles. The van der Waals surface area contributed by atoms with Crippen LogP contribution in [0.5, 0.6) is 0 Å². The number of hydrogen-bond acceptors (Lipinski definition) is 3. The van der Waals surface area contributed by atoms with Crippen LogP contribution in [-0.4, -0.2) is 27.1 Å². The van der Waals surface area contributed by atoms with E-state index in [0.717, 1.165) is 17.1 Å². The standard InChI is InChI=1S/C16H19N3O/c1-17-13-6-4-12(5-7-13)16(20)18-14-8-10-15(11-9-14)19(2)3/h4-11,17H,1-3H3,(H,18,20). The van der Waals surface area contributed by atoms with E-state index >= 15 is 0 Å². The number of carbonyl (C=O) groups excluding carboxylic acids is 1. The van der Waals surface area contributed by atoms with Gasteiger partial charge in [-0.1, -0.05) is 0 Å². The largest absolute Gasteiger partial charge is 0.388 e. The summed E-state index contributed by atoms with van der Waals surface area (Å²) < 4.78 is 0. The van der Waals surface area contributed by atoms with E-state index < -0.39 is 0 Å². The highest BCUT2D eigenvalue weighted by atomic mass is 16.1. The summed E-state index contributed by atoms with van der Waals surface area (Å²) in [6.45, 7) is 0. The molecule has 20 heavy (non-hydrogen) atoms. The van der Waals surface area contributed by atoms with Gasteiger partial charge in [-0.05, 0) is 48.5 Å². The highest BCUT2D eigenvalue weighted by Crippen LogP contribution is 2.17. The average molecular weight is 269 g/mol. The van der Waals surface area contributed by atoms with Crippen molar-refractivity contribution >= 4 is 23.0 Å². The third kappa shape index (κ3) is 3.29. The van der Waals surface area contributed by atoms with Crippen molar-refractivity contribution in [3.8, 4) is 0 Å². The van der Waals surface area contributed by atoms with Crippen LogP contribution in [0, 0.1) is 0 Å². The molecule has 0 saturated carbocycles. The SMILES string of the molecule is CNc1ccc(C(=O)Nc2ccc(N(C)C)cc2)cc1. The van der Waals surface area contributed by atoms with Gasteiger partial charge < -0.3 is 15.5 Å². The summed E-state index contributed by atoms with van der Waals surface area (Å²) in [6, 6.07) is 15.1. The first-order chi connectivity index (χ1) is 9.60. The van der Waals surface area contributed by atoms with Gasteiger partial charge in [-0.2, -0.15) is 0 Å². The third-order valence-electron chi connectivity index (χ3n) is 3.08. The van der Waals surface area contributed by atoms with E-state index in [1.54, 1.807) is 12.1 Å². The van der Waals surface area contributed by atoms with Crippen molar-refractivity contribution in [2.24, 2.45) is 0 Å².